The fourth-order valence-corrected chi connectivity index (χ4v) is 2.86. The van der Waals surface area contributed by atoms with E-state index in [1.165, 1.54) is 17.8 Å². The summed E-state index contributed by atoms with van der Waals surface area (Å²) in [5, 5.41) is 8.50. The van der Waals surface area contributed by atoms with Gasteiger partial charge in [0.05, 0.1) is 17.8 Å². The quantitative estimate of drug-likeness (QED) is 0.617. The van der Waals surface area contributed by atoms with E-state index in [1.54, 1.807) is 17.7 Å². The number of nitrogens with zero attached hydrogens (tertiary/aromatic N) is 3. The second kappa shape index (κ2) is 7.80. The number of rotatable bonds is 7. The lowest BCUT2D eigenvalue weighted by atomic mass is 10.2. The van der Waals surface area contributed by atoms with E-state index < -0.39 is 11.7 Å². The first-order valence-corrected chi connectivity index (χ1v) is 7.89. The number of aromatic nitrogens is 3. The van der Waals surface area contributed by atoms with Crippen LogP contribution in [-0.2, 0) is 17.5 Å². The summed E-state index contributed by atoms with van der Waals surface area (Å²) in [6.45, 7) is 0.691. The molecule has 1 aromatic carbocycles. The van der Waals surface area contributed by atoms with Crippen molar-refractivity contribution in [3.63, 3.8) is 0 Å². The average molecular weight is 346 g/mol. The van der Waals surface area contributed by atoms with Crippen molar-refractivity contribution in [2.45, 2.75) is 24.3 Å². The minimum atomic E-state index is -4.40. The Labute approximate surface area is 136 Å². The smallest absolute Gasteiger partial charge is 0.385 e. The van der Waals surface area contributed by atoms with Gasteiger partial charge < -0.3 is 10.5 Å². The fourth-order valence-electron chi connectivity index (χ4n) is 1.97. The molecule has 23 heavy (non-hydrogen) atoms. The highest BCUT2D eigenvalue weighted by molar-refractivity contribution is 7.99. The molecule has 1 heterocycles. The third-order valence-corrected chi connectivity index (χ3v) is 4.05. The molecule has 0 spiro atoms. The summed E-state index contributed by atoms with van der Waals surface area (Å²) in [6, 6.07) is 5.04. The van der Waals surface area contributed by atoms with Gasteiger partial charge in [0, 0.05) is 19.5 Å². The molecular formula is C14H17F3N4OS. The molecule has 2 aromatic rings. The Bertz CT molecular complexity index is 645. The minimum absolute atomic E-state index is 0.0852. The minimum Gasteiger partial charge on any atom is -0.385 e. The van der Waals surface area contributed by atoms with Gasteiger partial charge in [0.15, 0.2) is 11.0 Å². The van der Waals surface area contributed by atoms with E-state index in [9.17, 15) is 13.2 Å². The van der Waals surface area contributed by atoms with Crippen LogP contribution in [0.3, 0.4) is 0 Å². The third-order valence-electron chi connectivity index (χ3n) is 3.04. The predicted octanol–water partition coefficient (Wildman–Crippen LogP) is 2.87. The lowest BCUT2D eigenvalue weighted by Gasteiger charge is -2.12. The maximum Gasteiger partial charge on any atom is 0.416 e. The van der Waals surface area contributed by atoms with Gasteiger partial charge in [0.2, 0.25) is 0 Å². The summed E-state index contributed by atoms with van der Waals surface area (Å²) in [6.07, 6.45) is -3.60. The van der Waals surface area contributed by atoms with Crippen molar-refractivity contribution in [1.82, 2.24) is 14.8 Å². The molecule has 9 heteroatoms. The van der Waals surface area contributed by atoms with Gasteiger partial charge in [-0.1, -0.05) is 17.8 Å². The van der Waals surface area contributed by atoms with Crippen LogP contribution in [0.25, 0.3) is 5.69 Å². The van der Waals surface area contributed by atoms with E-state index in [2.05, 4.69) is 10.2 Å². The standard InChI is InChI=1S/C14H17F3N4OS/c1-22-6-3-7-23-13-20-19-12(9-18)21(13)11-5-2-4-10(8-11)14(15,16)17/h2,4-5,8H,3,6-7,9,18H2,1H3. The lowest BCUT2D eigenvalue weighted by Crippen LogP contribution is -2.10. The normalized spacial score (nSPS) is 11.9. The van der Waals surface area contributed by atoms with Crippen LogP contribution in [0.4, 0.5) is 13.2 Å². The maximum atomic E-state index is 12.9. The summed E-state index contributed by atoms with van der Waals surface area (Å²) in [4.78, 5) is 0. The second-order valence-electron chi connectivity index (χ2n) is 4.68. The van der Waals surface area contributed by atoms with E-state index >= 15 is 0 Å². The molecule has 2 N–H and O–H groups in total. The monoisotopic (exact) mass is 346 g/mol. The Balaban J connectivity index is 2.32. The predicted molar refractivity (Wildman–Crippen MR) is 81.5 cm³/mol. The van der Waals surface area contributed by atoms with Crippen molar-refractivity contribution in [3.05, 3.63) is 35.7 Å². The molecule has 0 bridgehead atoms. The van der Waals surface area contributed by atoms with Crippen LogP contribution >= 0.6 is 11.8 Å². The van der Waals surface area contributed by atoms with Gasteiger partial charge >= 0.3 is 6.18 Å². The van der Waals surface area contributed by atoms with Crippen LogP contribution in [0.2, 0.25) is 0 Å². The first kappa shape index (κ1) is 17.8. The Morgan fingerprint density at radius 1 is 1.30 bits per heavy atom. The van der Waals surface area contributed by atoms with Crippen molar-refractivity contribution in [2.75, 3.05) is 19.5 Å². The summed E-state index contributed by atoms with van der Waals surface area (Å²) in [5.74, 6) is 1.13. The maximum absolute atomic E-state index is 12.9. The van der Waals surface area contributed by atoms with E-state index in [1.807, 2.05) is 0 Å². The molecule has 2 rings (SSSR count). The van der Waals surface area contributed by atoms with Gasteiger partial charge in [0.25, 0.3) is 0 Å². The van der Waals surface area contributed by atoms with Gasteiger partial charge in [-0.25, -0.2) is 0 Å². The molecule has 0 fully saturated rings. The van der Waals surface area contributed by atoms with Crippen LogP contribution in [0.15, 0.2) is 29.4 Å². The summed E-state index contributed by atoms with van der Waals surface area (Å²) >= 11 is 1.40. The van der Waals surface area contributed by atoms with E-state index in [0.29, 0.717) is 23.3 Å². The molecule has 0 aliphatic heterocycles. The van der Waals surface area contributed by atoms with Crippen LogP contribution in [0, 0.1) is 0 Å². The number of alkyl halides is 3. The molecule has 0 radical (unpaired) electrons. The topological polar surface area (TPSA) is 66.0 Å². The van der Waals surface area contributed by atoms with Crippen molar-refractivity contribution in [1.29, 1.82) is 0 Å². The fraction of sp³-hybridized carbons (Fsp3) is 0.429. The molecule has 0 unspecified atom stereocenters. The van der Waals surface area contributed by atoms with Gasteiger partial charge in [-0.2, -0.15) is 13.2 Å². The van der Waals surface area contributed by atoms with Crippen LogP contribution in [-0.4, -0.2) is 34.2 Å². The van der Waals surface area contributed by atoms with Crippen LogP contribution in [0.5, 0.6) is 0 Å². The molecule has 0 saturated heterocycles. The molecule has 0 aliphatic rings. The molecule has 0 atom stereocenters. The van der Waals surface area contributed by atoms with E-state index in [4.69, 9.17) is 10.5 Å². The Hall–Kier alpha value is -1.58. The molecule has 0 saturated carbocycles. The zero-order valence-electron chi connectivity index (χ0n) is 12.5. The first-order chi connectivity index (χ1) is 11.0. The van der Waals surface area contributed by atoms with Gasteiger partial charge in [-0.3, -0.25) is 4.57 Å². The van der Waals surface area contributed by atoms with E-state index in [-0.39, 0.29) is 6.54 Å². The highest BCUT2D eigenvalue weighted by Crippen LogP contribution is 2.31. The molecule has 126 valence electrons. The Morgan fingerprint density at radius 2 is 2.09 bits per heavy atom. The number of benzene rings is 1. The molecule has 5 nitrogen and oxygen atoms in total. The number of hydrogen-bond acceptors (Lipinski definition) is 5. The summed E-state index contributed by atoms with van der Waals surface area (Å²) in [5.41, 5.74) is 5.25. The second-order valence-corrected chi connectivity index (χ2v) is 5.74. The zero-order valence-corrected chi connectivity index (χ0v) is 13.3. The Morgan fingerprint density at radius 3 is 2.74 bits per heavy atom. The third kappa shape index (κ3) is 4.46. The number of halogens is 3. The van der Waals surface area contributed by atoms with Crippen molar-refractivity contribution in [3.8, 4) is 5.69 Å². The zero-order chi connectivity index (χ0) is 16.9. The number of thioether (sulfide) groups is 1. The van der Waals surface area contributed by atoms with Gasteiger partial charge in [-0.05, 0) is 24.6 Å². The number of ether oxygens (including phenoxy) is 1. The average Bonchev–Trinajstić information content (AvgIpc) is 2.94. The molecular weight excluding hydrogens is 329 g/mol. The number of methoxy groups -OCH3 is 1. The molecule has 0 aliphatic carbocycles. The Kier molecular flexibility index (Phi) is 6.03. The van der Waals surface area contributed by atoms with Gasteiger partial charge in [0.1, 0.15) is 0 Å². The van der Waals surface area contributed by atoms with Crippen molar-refractivity contribution >= 4 is 11.8 Å². The first-order valence-electron chi connectivity index (χ1n) is 6.91. The van der Waals surface area contributed by atoms with Crippen LogP contribution in [0.1, 0.15) is 17.8 Å². The number of nitrogens with two attached hydrogens (primary N) is 1. The summed E-state index contributed by atoms with van der Waals surface area (Å²) in [7, 11) is 1.61. The summed E-state index contributed by atoms with van der Waals surface area (Å²) < 4.78 is 45.2. The molecule has 0 amide bonds. The molecule has 1 aromatic heterocycles. The highest BCUT2D eigenvalue weighted by atomic mass is 32.2. The van der Waals surface area contributed by atoms with Crippen LogP contribution < -0.4 is 5.73 Å². The van der Waals surface area contributed by atoms with Crippen molar-refractivity contribution in [2.24, 2.45) is 5.73 Å². The van der Waals surface area contributed by atoms with Crippen molar-refractivity contribution < 1.29 is 17.9 Å². The lowest BCUT2D eigenvalue weighted by molar-refractivity contribution is -0.137. The van der Waals surface area contributed by atoms with Gasteiger partial charge in [-0.15, -0.1) is 10.2 Å². The number of hydrogen-bond donors (Lipinski definition) is 1. The highest BCUT2D eigenvalue weighted by Gasteiger charge is 2.30. The SMILES string of the molecule is COCCCSc1nnc(CN)n1-c1cccc(C(F)(F)F)c1. The van der Waals surface area contributed by atoms with E-state index in [0.717, 1.165) is 24.3 Å². The largest absolute Gasteiger partial charge is 0.416 e.